The first kappa shape index (κ1) is 18.8. The quantitative estimate of drug-likeness (QED) is 0.502. The number of carbonyl (C=O) groups excluding carboxylic acids is 1. The van der Waals surface area contributed by atoms with Crippen molar-refractivity contribution in [2.75, 3.05) is 19.0 Å². The fraction of sp³-hybridized carbons (Fsp3) is 0.0952. The standard InChI is InChI=1S/C21H16ClN3O4/c1-27-17-9-4-13(21-25-20-18(29-21)3-2-10-23-20)11-16(17)24-19(26)12-28-15-7-5-14(22)6-8-15/h2-11H,12H2,1H3,(H,24,26). The van der Waals surface area contributed by atoms with Crippen molar-refractivity contribution in [3.8, 4) is 23.0 Å². The minimum atomic E-state index is -0.338. The first-order valence-electron chi connectivity index (χ1n) is 8.70. The normalized spacial score (nSPS) is 10.7. The van der Waals surface area contributed by atoms with E-state index < -0.39 is 0 Å². The van der Waals surface area contributed by atoms with Crippen molar-refractivity contribution in [2.24, 2.45) is 0 Å². The molecular weight excluding hydrogens is 394 g/mol. The molecule has 0 fully saturated rings. The first-order chi connectivity index (χ1) is 14.1. The first-order valence-corrected chi connectivity index (χ1v) is 9.08. The Kier molecular flexibility index (Phi) is 5.31. The number of rotatable bonds is 6. The van der Waals surface area contributed by atoms with E-state index in [4.69, 9.17) is 25.5 Å². The Hall–Kier alpha value is -3.58. The summed E-state index contributed by atoms with van der Waals surface area (Å²) >= 11 is 5.84. The second kappa shape index (κ2) is 8.20. The van der Waals surface area contributed by atoms with E-state index in [2.05, 4.69) is 15.3 Å². The van der Waals surface area contributed by atoms with Crippen LogP contribution in [0.15, 0.2) is 65.2 Å². The van der Waals surface area contributed by atoms with Gasteiger partial charge in [0.1, 0.15) is 11.5 Å². The summed E-state index contributed by atoms with van der Waals surface area (Å²) in [5.74, 6) is 1.11. The van der Waals surface area contributed by atoms with Gasteiger partial charge in [0.15, 0.2) is 17.8 Å². The zero-order chi connectivity index (χ0) is 20.2. The Morgan fingerprint density at radius 3 is 2.76 bits per heavy atom. The Morgan fingerprint density at radius 2 is 2.00 bits per heavy atom. The number of anilines is 1. The molecule has 0 aliphatic carbocycles. The third kappa shape index (κ3) is 4.30. The number of amides is 1. The number of carbonyl (C=O) groups is 1. The molecule has 0 saturated carbocycles. The Labute approximate surface area is 171 Å². The predicted octanol–water partition coefficient (Wildman–Crippen LogP) is 4.57. The van der Waals surface area contributed by atoms with Crippen LogP contribution in [0.5, 0.6) is 11.5 Å². The lowest BCUT2D eigenvalue weighted by Gasteiger charge is -2.12. The fourth-order valence-electron chi connectivity index (χ4n) is 2.70. The van der Waals surface area contributed by atoms with E-state index in [0.717, 1.165) is 0 Å². The maximum absolute atomic E-state index is 12.3. The van der Waals surface area contributed by atoms with Crippen LogP contribution in [0.4, 0.5) is 5.69 Å². The van der Waals surface area contributed by atoms with Crippen molar-refractivity contribution in [2.45, 2.75) is 0 Å². The highest BCUT2D eigenvalue weighted by Crippen LogP contribution is 2.31. The van der Waals surface area contributed by atoms with Crippen LogP contribution in [0.2, 0.25) is 5.02 Å². The highest BCUT2D eigenvalue weighted by atomic mass is 35.5. The molecule has 2 aromatic carbocycles. The molecule has 0 spiro atoms. The van der Waals surface area contributed by atoms with E-state index >= 15 is 0 Å². The van der Waals surface area contributed by atoms with Crippen molar-refractivity contribution in [3.63, 3.8) is 0 Å². The zero-order valence-electron chi connectivity index (χ0n) is 15.4. The van der Waals surface area contributed by atoms with E-state index in [1.807, 2.05) is 0 Å². The second-order valence-electron chi connectivity index (χ2n) is 6.05. The van der Waals surface area contributed by atoms with Crippen LogP contribution in [0.3, 0.4) is 0 Å². The molecule has 0 aliphatic heterocycles. The summed E-state index contributed by atoms with van der Waals surface area (Å²) in [6.45, 7) is -0.165. The number of fused-ring (bicyclic) bond motifs is 1. The van der Waals surface area contributed by atoms with Gasteiger partial charge >= 0.3 is 0 Å². The third-order valence-electron chi connectivity index (χ3n) is 4.07. The van der Waals surface area contributed by atoms with Crippen LogP contribution in [0.1, 0.15) is 0 Å². The van der Waals surface area contributed by atoms with Crippen LogP contribution in [-0.2, 0) is 4.79 Å². The van der Waals surface area contributed by atoms with Gasteiger partial charge in [-0.15, -0.1) is 0 Å². The Morgan fingerprint density at radius 1 is 1.17 bits per heavy atom. The monoisotopic (exact) mass is 409 g/mol. The highest BCUT2D eigenvalue weighted by Gasteiger charge is 2.14. The van der Waals surface area contributed by atoms with Crippen LogP contribution in [-0.4, -0.2) is 29.6 Å². The molecule has 0 saturated heterocycles. The lowest BCUT2D eigenvalue weighted by Crippen LogP contribution is -2.20. The predicted molar refractivity (Wildman–Crippen MR) is 109 cm³/mol. The van der Waals surface area contributed by atoms with Gasteiger partial charge < -0.3 is 19.2 Å². The van der Waals surface area contributed by atoms with Crippen molar-refractivity contribution in [1.82, 2.24) is 9.97 Å². The van der Waals surface area contributed by atoms with Crippen molar-refractivity contribution < 1.29 is 18.7 Å². The molecule has 0 radical (unpaired) electrons. The van der Waals surface area contributed by atoms with Crippen molar-refractivity contribution in [1.29, 1.82) is 0 Å². The van der Waals surface area contributed by atoms with Gasteiger partial charge in [-0.1, -0.05) is 11.6 Å². The van der Waals surface area contributed by atoms with E-state index in [-0.39, 0.29) is 12.5 Å². The molecule has 146 valence electrons. The Bertz CT molecular complexity index is 1130. The molecule has 2 aromatic heterocycles. The third-order valence-corrected chi connectivity index (χ3v) is 4.32. The van der Waals surface area contributed by atoms with Crippen LogP contribution in [0, 0.1) is 0 Å². The molecular formula is C21H16ClN3O4. The van der Waals surface area contributed by atoms with Gasteiger partial charge in [-0.2, -0.15) is 4.98 Å². The molecule has 4 rings (SSSR count). The number of hydrogen-bond acceptors (Lipinski definition) is 6. The summed E-state index contributed by atoms with van der Waals surface area (Å²) in [4.78, 5) is 20.9. The molecule has 2 heterocycles. The topological polar surface area (TPSA) is 86.5 Å². The molecule has 4 aromatic rings. The number of halogens is 1. The molecule has 1 N–H and O–H groups in total. The molecule has 0 bridgehead atoms. The van der Waals surface area contributed by atoms with Gasteiger partial charge in [-0.25, -0.2) is 4.98 Å². The maximum atomic E-state index is 12.3. The van der Waals surface area contributed by atoms with Gasteiger partial charge in [0.05, 0.1) is 12.8 Å². The van der Waals surface area contributed by atoms with E-state index in [1.165, 1.54) is 7.11 Å². The Balaban J connectivity index is 1.51. The number of benzene rings is 2. The lowest BCUT2D eigenvalue weighted by molar-refractivity contribution is -0.118. The lowest BCUT2D eigenvalue weighted by atomic mass is 10.2. The van der Waals surface area contributed by atoms with Crippen molar-refractivity contribution in [3.05, 3.63) is 65.8 Å². The molecule has 1 amide bonds. The molecule has 8 heteroatoms. The number of oxazole rings is 1. The van der Waals surface area contributed by atoms with Gasteiger partial charge in [0.2, 0.25) is 5.89 Å². The summed E-state index contributed by atoms with van der Waals surface area (Å²) < 4.78 is 16.6. The minimum absolute atomic E-state index is 0.165. The summed E-state index contributed by atoms with van der Waals surface area (Å²) in [6.07, 6.45) is 1.65. The number of nitrogens with zero attached hydrogens (tertiary/aromatic N) is 2. The smallest absolute Gasteiger partial charge is 0.262 e. The number of methoxy groups -OCH3 is 1. The molecule has 0 unspecified atom stereocenters. The van der Waals surface area contributed by atoms with E-state index in [1.54, 1.807) is 60.8 Å². The van der Waals surface area contributed by atoms with Crippen LogP contribution in [0.25, 0.3) is 22.7 Å². The summed E-state index contributed by atoms with van der Waals surface area (Å²) in [6, 6.07) is 15.6. The summed E-state index contributed by atoms with van der Waals surface area (Å²) in [5, 5.41) is 3.38. The second-order valence-corrected chi connectivity index (χ2v) is 6.49. The highest BCUT2D eigenvalue weighted by molar-refractivity contribution is 6.30. The van der Waals surface area contributed by atoms with E-state index in [0.29, 0.717) is 44.9 Å². The number of ether oxygens (including phenoxy) is 2. The largest absolute Gasteiger partial charge is 0.495 e. The van der Waals surface area contributed by atoms with Crippen LogP contribution < -0.4 is 14.8 Å². The summed E-state index contributed by atoms with van der Waals surface area (Å²) in [5.41, 5.74) is 2.25. The SMILES string of the molecule is COc1ccc(-c2nc3ncccc3o2)cc1NC(=O)COc1ccc(Cl)cc1. The molecule has 29 heavy (non-hydrogen) atoms. The van der Waals surface area contributed by atoms with Gasteiger partial charge in [-0.05, 0) is 54.6 Å². The average Bonchev–Trinajstić information content (AvgIpc) is 3.17. The van der Waals surface area contributed by atoms with E-state index in [9.17, 15) is 4.79 Å². The number of aromatic nitrogens is 2. The van der Waals surface area contributed by atoms with Gasteiger partial charge in [0, 0.05) is 16.8 Å². The van der Waals surface area contributed by atoms with Crippen molar-refractivity contribution >= 4 is 34.4 Å². The zero-order valence-corrected chi connectivity index (χ0v) is 16.1. The van der Waals surface area contributed by atoms with Gasteiger partial charge in [0.25, 0.3) is 5.91 Å². The molecule has 7 nitrogen and oxygen atoms in total. The van der Waals surface area contributed by atoms with Gasteiger partial charge in [-0.3, -0.25) is 4.79 Å². The fourth-order valence-corrected chi connectivity index (χ4v) is 2.82. The van der Waals surface area contributed by atoms with Crippen LogP contribution >= 0.6 is 11.6 Å². The maximum Gasteiger partial charge on any atom is 0.262 e. The summed E-state index contributed by atoms with van der Waals surface area (Å²) in [7, 11) is 1.53. The molecule has 0 aliphatic rings. The molecule has 0 atom stereocenters. The average molecular weight is 410 g/mol. The number of pyridine rings is 1. The number of nitrogens with one attached hydrogen (secondary N) is 1. The minimum Gasteiger partial charge on any atom is -0.495 e. The number of hydrogen-bond donors (Lipinski definition) is 1.